The normalized spacial score (nSPS) is 10.0. The summed E-state index contributed by atoms with van der Waals surface area (Å²) in [5, 5.41) is 13.3. The van der Waals surface area contributed by atoms with Crippen LogP contribution in [0, 0.1) is 0 Å². The van der Waals surface area contributed by atoms with E-state index in [1.54, 1.807) is 12.3 Å². The van der Waals surface area contributed by atoms with Gasteiger partial charge in [0, 0.05) is 10.9 Å². The highest BCUT2D eigenvalue weighted by molar-refractivity contribution is 7.13. The Morgan fingerprint density at radius 2 is 2.00 bits per heavy atom. The molecular formula is C16H15NO4S. The van der Waals surface area contributed by atoms with Gasteiger partial charge in [-0.3, -0.25) is 5.32 Å². The minimum atomic E-state index is -1.10. The van der Waals surface area contributed by atoms with E-state index >= 15 is 0 Å². The SMILES string of the molecule is C=C(C)c1csc(C(=O)O)c1NC(=O)OCc1ccccc1. The second-order valence-electron chi connectivity index (χ2n) is 4.63. The third-order valence-electron chi connectivity index (χ3n) is 2.88. The number of carbonyl (C=O) groups excluding carboxylic acids is 1. The van der Waals surface area contributed by atoms with Crippen molar-refractivity contribution < 1.29 is 19.4 Å². The highest BCUT2D eigenvalue weighted by atomic mass is 32.1. The Labute approximate surface area is 131 Å². The molecule has 0 saturated heterocycles. The molecule has 114 valence electrons. The van der Waals surface area contributed by atoms with Gasteiger partial charge in [0.2, 0.25) is 0 Å². The molecule has 1 amide bonds. The first-order valence-electron chi connectivity index (χ1n) is 6.47. The third-order valence-corrected chi connectivity index (χ3v) is 3.85. The number of thiophene rings is 1. The first-order valence-corrected chi connectivity index (χ1v) is 7.35. The van der Waals surface area contributed by atoms with Crippen molar-refractivity contribution in [1.29, 1.82) is 0 Å². The van der Waals surface area contributed by atoms with Crippen LogP contribution in [0.25, 0.3) is 5.57 Å². The molecule has 0 aliphatic carbocycles. The number of hydrogen-bond acceptors (Lipinski definition) is 4. The number of aromatic carboxylic acids is 1. The fourth-order valence-corrected chi connectivity index (χ4v) is 2.75. The van der Waals surface area contributed by atoms with Gasteiger partial charge in [0.1, 0.15) is 11.5 Å². The summed E-state index contributed by atoms with van der Waals surface area (Å²) in [6.45, 7) is 5.64. The van der Waals surface area contributed by atoms with Crippen molar-refractivity contribution in [3.05, 3.63) is 58.3 Å². The molecule has 2 rings (SSSR count). The van der Waals surface area contributed by atoms with Gasteiger partial charge in [-0.15, -0.1) is 11.3 Å². The minimum absolute atomic E-state index is 0.0506. The lowest BCUT2D eigenvalue weighted by molar-refractivity contribution is 0.0703. The molecule has 22 heavy (non-hydrogen) atoms. The molecule has 0 fully saturated rings. The smallest absolute Gasteiger partial charge is 0.412 e. The van der Waals surface area contributed by atoms with Crippen LogP contribution in [0.15, 0.2) is 42.3 Å². The van der Waals surface area contributed by atoms with E-state index in [-0.39, 0.29) is 17.2 Å². The molecule has 0 spiro atoms. The van der Waals surface area contributed by atoms with Crippen molar-refractivity contribution in [3.63, 3.8) is 0 Å². The molecule has 1 aromatic heterocycles. The number of allylic oxidation sites excluding steroid dienone is 1. The Balaban J connectivity index is 2.09. The monoisotopic (exact) mass is 317 g/mol. The maximum Gasteiger partial charge on any atom is 0.412 e. The standard InChI is InChI=1S/C16H15NO4S/c1-10(2)12-9-22-14(15(18)19)13(12)17-16(20)21-8-11-6-4-3-5-7-11/h3-7,9H,1,8H2,2H3,(H,17,20)(H,18,19). The summed E-state index contributed by atoms with van der Waals surface area (Å²) in [4.78, 5) is 23.1. The zero-order chi connectivity index (χ0) is 16.1. The predicted octanol–water partition coefficient (Wildman–Crippen LogP) is 4.23. The maximum absolute atomic E-state index is 11.9. The van der Waals surface area contributed by atoms with Crippen molar-refractivity contribution >= 4 is 34.7 Å². The number of carbonyl (C=O) groups is 2. The first-order chi connectivity index (χ1) is 10.5. The van der Waals surface area contributed by atoms with Crippen molar-refractivity contribution in [2.24, 2.45) is 0 Å². The van der Waals surface area contributed by atoms with Gasteiger partial charge >= 0.3 is 12.1 Å². The fraction of sp³-hybridized carbons (Fsp3) is 0.125. The summed E-state index contributed by atoms with van der Waals surface area (Å²) >= 11 is 1.04. The predicted molar refractivity (Wildman–Crippen MR) is 86.2 cm³/mol. The molecule has 5 nitrogen and oxygen atoms in total. The summed E-state index contributed by atoms with van der Waals surface area (Å²) < 4.78 is 5.10. The number of hydrogen-bond donors (Lipinski definition) is 2. The number of ether oxygens (including phenoxy) is 1. The van der Waals surface area contributed by atoms with Gasteiger partial charge in [-0.1, -0.05) is 36.9 Å². The summed E-state index contributed by atoms with van der Waals surface area (Å²) in [6.07, 6.45) is -0.702. The Bertz CT molecular complexity index is 675. The second-order valence-corrected chi connectivity index (χ2v) is 5.51. The van der Waals surface area contributed by atoms with Crippen LogP contribution in [0.4, 0.5) is 10.5 Å². The zero-order valence-corrected chi connectivity index (χ0v) is 12.8. The van der Waals surface area contributed by atoms with Gasteiger partial charge in [0.05, 0.1) is 5.69 Å². The van der Waals surface area contributed by atoms with Crippen LogP contribution in [-0.2, 0) is 11.3 Å². The molecule has 0 aliphatic rings. The molecule has 6 heteroatoms. The number of benzene rings is 1. The second kappa shape index (κ2) is 6.91. The Hall–Kier alpha value is -2.60. The Kier molecular flexibility index (Phi) is 4.95. The van der Waals surface area contributed by atoms with Crippen molar-refractivity contribution in [3.8, 4) is 0 Å². The average Bonchev–Trinajstić information content (AvgIpc) is 2.90. The summed E-state index contributed by atoms with van der Waals surface area (Å²) in [5.41, 5.74) is 2.34. The van der Waals surface area contributed by atoms with Crippen molar-refractivity contribution in [2.45, 2.75) is 13.5 Å². The Morgan fingerprint density at radius 1 is 1.32 bits per heavy atom. The van der Waals surface area contributed by atoms with Gasteiger partial charge in [-0.2, -0.15) is 0 Å². The fourth-order valence-electron chi connectivity index (χ4n) is 1.81. The molecule has 1 aromatic carbocycles. The minimum Gasteiger partial charge on any atom is -0.477 e. The lowest BCUT2D eigenvalue weighted by Gasteiger charge is -2.09. The van der Waals surface area contributed by atoms with E-state index in [1.165, 1.54) is 0 Å². The van der Waals surface area contributed by atoms with E-state index < -0.39 is 12.1 Å². The number of rotatable bonds is 5. The lowest BCUT2D eigenvalue weighted by Crippen LogP contribution is -2.15. The first kappa shape index (κ1) is 15.8. The van der Waals surface area contributed by atoms with E-state index in [2.05, 4.69) is 11.9 Å². The molecule has 0 bridgehead atoms. The quantitative estimate of drug-likeness (QED) is 0.865. The van der Waals surface area contributed by atoms with Gasteiger partial charge in [0.25, 0.3) is 0 Å². The summed E-state index contributed by atoms with van der Waals surface area (Å²) in [7, 11) is 0. The topological polar surface area (TPSA) is 75.6 Å². The van der Waals surface area contributed by atoms with Crippen LogP contribution in [0.3, 0.4) is 0 Å². The third kappa shape index (κ3) is 3.73. The molecule has 0 saturated carbocycles. The number of carboxylic acid groups (broad SMARTS) is 1. The molecule has 0 atom stereocenters. The van der Waals surface area contributed by atoms with Crippen LogP contribution >= 0.6 is 11.3 Å². The molecule has 1 heterocycles. The molecule has 0 unspecified atom stereocenters. The lowest BCUT2D eigenvalue weighted by atomic mass is 10.1. The van der Waals surface area contributed by atoms with E-state index in [4.69, 9.17) is 4.74 Å². The number of carboxylic acids is 1. The molecule has 0 radical (unpaired) electrons. The van der Waals surface area contributed by atoms with Gasteiger partial charge in [-0.05, 0) is 18.1 Å². The number of amides is 1. The van der Waals surface area contributed by atoms with Gasteiger partial charge in [-0.25, -0.2) is 9.59 Å². The van der Waals surface area contributed by atoms with Crippen LogP contribution in [0.5, 0.6) is 0 Å². The zero-order valence-electron chi connectivity index (χ0n) is 12.0. The van der Waals surface area contributed by atoms with E-state index in [1.807, 2.05) is 30.3 Å². The van der Waals surface area contributed by atoms with Crippen LogP contribution in [0.1, 0.15) is 27.7 Å². The van der Waals surface area contributed by atoms with Crippen LogP contribution in [0.2, 0.25) is 0 Å². The van der Waals surface area contributed by atoms with Crippen LogP contribution in [-0.4, -0.2) is 17.2 Å². The van der Waals surface area contributed by atoms with Crippen molar-refractivity contribution in [2.75, 3.05) is 5.32 Å². The van der Waals surface area contributed by atoms with Gasteiger partial charge < -0.3 is 9.84 Å². The maximum atomic E-state index is 11.9. The molecule has 2 aromatic rings. The average molecular weight is 317 g/mol. The largest absolute Gasteiger partial charge is 0.477 e. The van der Waals surface area contributed by atoms with E-state index in [0.29, 0.717) is 11.1 Å². The highest BCUT2D eigenvalue weighted by Gasteiger charge is 2.20. The number of anilines is 1. The molecular weight excluding hydrogens is 302 g/mol. The number of nitrogens with one attached hydrogen (secondary N) is 1. The summed E-state index contributed by atoms with van der Waals surface area (Å²) in [6, 6.07) is 9.22. The Morgan fingerprint density at radius 3 is 2.59 bits per heavy atom. The molecule has 2 N–H and O–H groups in total. The van der Waals surface area contributed by atoms with E-state index in [9.17, 15) is 14.7 Å². The summed E-state index contributed by atoms with van der Waals surface area (Å²) in [5.74, 6) is -1.10. The van der Waals surface area contributed by atoms with Gasteiger partial charge in [0.15, 0.2) is 0 Å². The van der Waals surface area contributed by atoms with Crippen molar-refractivity contribution in [1.82, 2.24) is 0 Å². The van der Waals surface area contributed by atoms with Crippen LogP contribution < -0.4 is 5.32 Å². The van der Waals surface area contributed by atoms with E-state index in [0.717, 1.165) is 16.9 Å². The molecule has 0 aliphatic heterocycles. The highest BCUT2D eigenvalue weighted by Crippen LogP contribution is 2.32.